The van der Waals surface area contributed by atoms with Crippen LogP contribution in [0.3, 0.4) is 0 Å². The molecule has 26 nitrogen and oxygen atoms in total. The second-order valence-electron chi connectivity index (χ2n) is 25.9. The lowest BCUT2D eigenvalue weighted by Crippen LogP contribution is -2.50. The number of aliphatic hydroxyl groups is 1. The van der Waals surface area contributed by atoms with Crippen molar-refractivity contribution in [1.29, 1.82) is 0 Å². The number of fused-ring (bicyclic) bond motifs is 4. The largest absolute Gasteiger partial charge is 0.497 e. The molecule has 7 heterocycles. The number of ether oxygens (including phenoxy) is 5. The van der Waals surface area contributed by atoms with Gasteiger partial charge in [0.05, 0.1) is 50.0 Å². The number of aliphatic hydroxyl groups excluding tert-OH is 1. The molecule has 0 unspecified atom stereocenters. The molecule has 14 rings (SSSR count). The molecular formula is C73H81Br2N13O13. The highest BCUT2D eigenvalue weighted by Crippen LogP contribution is 2.47. The van der Waals surface area contributed by atoms with Gasteiger partial charge >= 0.3 is 11.9 Å². The van der Waals surface area contributed by atoms with E-state index in [0.717, 1.165) is 68.0 Å². The van der Waals surface area contributed by atoms with Crippen LogP contribution >= 0.6 is 31.9 Å². The summed E-state index contributed by atoms with van der Waals surface area (Å²) in [4.78, 5) is 102. The van der Waals surface area contributed by atoms with E-state index in [1.807, 2.05) is 101 Å². The zero-order valence-corrected chi connectivity index (χ0v) is 60.1. The first kappa shape index (κ1) is 71.3. The Balaban J connectivity index is 0.000000175. The van der Waals surface area contributed by atoms with E-state index in [4.69, 9.17) is 28.8 Å². The lowest BCUT2D eigenvalue weighted by Gasteiger charge is -2.43. The molecule has 0 bridgehead atoms. The molecule has 2 fully saturated rings. The van der Waals surface area contributed by atoms with Crippen LogP contribution in [0.4, 0.5) is 0 Å². The van der Waals surface area contributed by atoms with Crippen molar-refractivity contribution in [1.82, 2.24) is 63.9 Å². The summed E-state index contributed by atoms with van der Waals surface area (Å²) in [6, 6.07) is 27.2. The van der Waals surface area contributed by atoms with E-state index in [1.54, 1.807) is 54.7 Å². The second kappa shape index (κ2) is 32.0. The molecule has 6 atom stereocenters. The van der Waals surface area contributed by atoms with Gasteiger partial charge in [-0.3, -0.25) is 42.8 Å². The van der Waals surface area contributed by atoms with Crippen molar-refractivity contribution in [3.05, 3.63) is 186 Å². The standard InChI is InChI=1S/C39H42BrN5O7.C30H32BrN5O5.C4H7N3O/c1-43-35(41-23-42-43)22-51-33-15-14-31(40)30-16-17-45(32(36(30)33)20-44-19-24-8-4-5-9-27(24)37(44)46)38(47)28-10-6-7-11-29(28)39(48)52-21-25-12-13-26(49-2)18-34(25)50-3;1-34-26(32-17-33-34)16-41-25-11-10-23(31)22-12-13-36(29(38)20-8-4-5-9-21(20)30(39)40)24(27(22)25)15-35-14-18-6-2-3-7-19(18)28(35)37;1-7-4(2-8)5-3-6-7/h4-5,8-9,12-15,18,23,28-29,32H,6-7,10-11,16-17,19-22H2,1-3H3;2-3,6-7,10-11,17,20-21,24H,4-5,8-9,12-16H2,1H3,(H,39,40);3,8H,2H2,1H3/t28-,29+,32-;20-,21+,24-;/m11./s1. The van der Waals surface area contributed by atoms with Crippen LogP contribution in [0, 0.1) is 23.7 Å². The number of amides is 4. The quantitative estimate of drug-likeness (QED) is 0.0713. The maximum atomic E-state index is 14.9. The predicted molar refractivity (Wildman–Crippen MR) is 372 cm³/mol. The molecule has 5 aromatic carbocycles. The van der Waals surface area contributed by atoms with Crippen molar-refractivity contribution >= 4 is 67.4 Å². The molecule has 0 spiro atoms. The third kappa shape index (κ3) is 15.4. The molecule has 530 valence electrons. The van der Waals surface area contributed by atoms with E-state index < -0.39 is 47.7 Å². The zero-order valence-electron chi connectivity index (χ0n) is 57.0. The number of benzene rings is 5. The van der Waals surface area contributed by atoms with Crippen LogP contribution in [0.2, 0.25) is 0 Å². The summed E-state index contributed by atoms with van der Waals surface area (Å²) in [5.74, 6) is 0.121. The van der Waals surface area contributed by atoms with Crippen molar-refractivity contribution in [2.45, 2.75) is 116 Å². The van der Waals surface area contributed by atoms with E-state index in [2.05, 4.69) is 62.1 Å². The molecule has 0 radical (unpaired) electrons. The molecule has 4 aliphatic heterocycles. The van der Waals surface area contributed by atoms with Crippen molar-refractivity contribution in [2.75, 3.05) is 40.4 Å². The van der Waals surface area contributed by atoms with Crippen molar-refractivity contribution in [3.8, 4) is 23.0 Å². The van der Waals surface area contributed by atoms with E-state index >= 15 is 0 Å². The lowest BCUT2D eigenvalue weighted by atomic mass is 9.77. The number of nitrogens with zero attached hydrogens (tertiary/aromatic N) is 13. The summed E-state index contributed by atoms with van der Waals surface area (Å²) in [5.41, 5.74) is 7.71. The Morgan fingerprint density at radius 1 is 0.545 bits per heavy atom. The number of hydrogen-bond donors (Lipinski definition) is 2. The van der Waals surface area contributed by atoms with E-state index in [1.165, 1.54) is 23.7 Å². The van der Waals surface area contributed by atoms with E-state index in [9.17, 15) is 33.9 Å². The molecule has 2 saturated carbocycles. The first-order valence-electron chi connectivity index (χ1n) is 33.9. The van der Waals surface area contributed by atoms with Crippen LogP contribution in [0.25, 0.3) is 0 Å². The molecule has 6 aliphatic rings. The third-order valence-corrected chi connectivity index (χ3v) is 21.7. The number of carbonyl (C=O) groups excluding carboxylic acids is 5. The van der Waals surface area contributed by atoms with Crippen LogP contribution < -0.4 is 18.9 Å². The highest BCUT2D eigenvalue weighted by atomic mass is 79.9. The summed E-state index contributed by atoms with van der Waals surface area (Å²) in [7, 11) is 8.48. The number of carbonyl (C=O) groups is 6. The summed E-state index contributed by atoms with van der Waals surface area (Å²) in [5, 5.41) is 30.5. The van der Waals surface area contributed by atoms with Gasteiger partial charge in [0.1, 0.15) is 68.4 Å². The van der Waals surface area contributed by atoms with E-state index in [-0.39, 0.29) is 63.1 Å². The van der Waals surface area contributed by atoms with Gasteiger partial charge in [0, 0.05) is 103 Å². The zero-order chi connectivity index (χ0) is 71.0. The number of halogens is 2. The van der Waals surface area contributed by atoms with Gasteiger partial charge in [-0.2, -0.15) is 15.3 Å². The Kier molecular flexibility index (Phi) is 22.6. The fourth-order valence-corrected chi connectivity index (χ4v) is 15.9. The Labute approximate surface area is 601 Å². The van der Waals surface area contributed by atoms with Crippen molar-refractivity contribution < 1.29 is 62.7 Å². The van der Waals surface area contributed by atoms with Crippen molar-refractivity contribution in [2.24, 2.45) is 44.8 Å². The van der Waals surface area contributed by atoms with Crippen LogP contribution in [0.1, 0.15) is 141 Å². The Morgan fingerprint density at radius 2 is 1.00 bits per heavy atom. The topological polar surface area (TPSA) is 294 Å². The lowest BCUT2D eigenvalue weighted by molar-refractivity contribution is -0.159. The van der Waals surface area contributed by atoms with Gasteiger partial charge < -0.3 is 53.5 Å². The first-order chi connectivity index (χ1) is 48.9. The number of aromatic nitrogens is 9. The number of aliphatic carboxylic acids is 1. The van der Waals surface area contributed by atoms with Gasteiger partial charge in [0.25, 0.3) is 11.8 Å². The molecule has 2 N–H and O–H groups in total. The van der Waals surface area contributed by atoms with Gasteiger partial charge in [-0.15, -0.1) is 0 Å². The van der Waals surface area contributed by atoms with Crippen LogP contribution in [0.5, 0.6) is 23.0 Å². The monoisotopic (exact) mass is 1510 g/mol. The number of hydrogen-bond acceptors (Lipinski definition) is 18. The van der Waals surface area contributed by atoms with Gasteiger partial charge in [0.15, 0.2) is 17.5 Å². The summed E-state index contributed by atoms with van der Waals surface area (Å²) < 4.78 is 36.1. The summed E-state index contributed by atoms with van der Waals surface area (Å²) in [6.07, 6.45) is 11.0. The van der Waals surface area contributed by atoms with Gasteiger partial charge in [0.2, 0.25) is 11.8 Å². The van der Waals surface area contributed by atoms with Gasteiger partial charge in [-0.25, -0.2) is 15.0 Å². The second-order valence-corrected chi connectivity index (χ2v) is 27.6. The first-order valence-corrected chi connectivity index (χ1v) is 35.5. The minimum absolute atomic E-state index is 0.0149. The molecule has 8 aromatic rings. The molecule has 4 amide bonds. The molecule has 0 saturated heterocycles. The average molecular weight is 1510 g/mol. The maximum Gasteiger partial charge on any atom is 0.310 e. The highest BCUT2D eigenvalue weighted by molar-refractivity contribution is 9.10. The normalized spacial score (nSPS) is 19.7. The third-order valence-electron chi connectivity index (χ3n) is 20.2. The van der Waals surface area contributed by atoms with Crippen LogP contribution in [0.15, 0.2) is 119 Å². The number of esters is 1. The van der Waals surface area contributed by atoms with Gasteiger partial charge in [-0.05, 0) is 109 Å². The number of methoxy groups -OCH3 is 2. The Bertz CT molecular complexity index is 4370. The number of rotatable bonds is 19. The number of carboxylic acids is 1. The molecule has 3 aromatic heterocycles. The molecule has 28 heteroatoms. The molecule has 101 heavy (non-hydrogen) atoms. The number of carboxylic acid groups (broad SMARTS) is 1. The molecule has 2 aliphatic carbocycles. The predicted octanol–water partition coefficient (Wildman–Crippen LogP) is 9.24. The highest BCUT2D eigenvalue weighted by Gasteiger charge is 2.47. The molecular weight excluding hydrogens is 1430 g/mol. The van der Waals surface area contributed by atoms with Crippen molar-refractivity contribution in [3.63, 3.8) is 0 Å². The smallest absolute Gasteiger partial charge is 0.310 e. The maximum absolute atomic E-state index is 14.9. The van der Waals surface area contributed by atoms with E-state index in [0.29, 0.717) is 122 Å². The van der Waals surface area contributed by atoms with Crippen LogP contribution in [-0.4, -0.2) is 150 Å². The average Bonchev–Trinajstić information content (AvgIpc) is 1.49. The number of aryl methyl sites for hydroxylation is 3. The summed E-state index contributed by atoms with van der Waals surface area (Å²) in [6.45, 7) is 2.62. The Morgan fingerprint density at radius 3 is 1.43 bits per heavy atom. The van der Waals surface area contributed by atoms with Crippen LogP contribution in [-0.2, 0) is 97.4 Å². The Hall–Kier alpha value is -9.54. The SMILES string of the molecule is COc1ccc(COC(=O)[C@H]2CCCC[C@H]2C(=O)N2CCc3c(Br)ccc(OCc4ncnn4C)c3[C@H]2CN2Cc3ccccc3C2=O)c(OC)c1.Cn1ncnc1CO.Cn1ncnc1COc1ccc(Br)c2c1[C@@H](CN1Cc3ccccc3C1=O)N(C(=O)[C@@H]1CCCC[C@@H]1C(=O)O)CC2. The summed E-state index contributed by atoms with van der Waals surface area (Å²) >= 11 is 7.48. The minimum Gasteiger partial charge on any atom is -0.497 e. The van der Waals surface area contributed by atoms with Gasteiger partial charge in [-0.1, -0.05) is 93.9 Å². The minimum atomic E-state index is -0.919. The fraction of sp³-hybridized carbons (Fsp3) is 0.425. The fourth-order valence-electron chi connectivity index (χ4n) is 14.8.